The third-order valence-corrected chi connectivity index (χ3v) is 5.83. The molecule has 5 rings (SSSR count). The van der Waals surface area contributed by atoms with E-state index in [0.717, 1.165) is 37.4 Å². The number of aromatic amines is 1. The first-order valence-corrected chi connectivity index (χ1v) is 10.2. The van der Waals surface area contributed by atoms with Gasteiger partial charge in [0, 0.05) is 68.3 Å². The standard InChI is InChI=1S/C22H25N5O2/c28-22(17-14-18(16-23-15-17)25-10-12-29-13-11-25)27-8-6-26(7-9-27)21-3-1-2-20-19(21)4-5-24-20/h1-5,14-16,24H,6-13H2. The van der Waals surface area contributed by atoms with Gasteiger partial charge in [0.2, 0.25) is 0 Å². The third kappa shape index (κ3) is 3.53. The van der Waals surface area contributed by atoms with Crippen LogP contribution in [0.15, 0.2) is 48.9 Å². The summed E-state index contributed by atoms with van der Waals surface area (Å²) in [7, 11) is 0. The average Bonchev–Trinajstić information content (AvgIpc) is 3.28. The largest absolute Gasteiger partial charge is 0.378 e. The van der Waals surface area contributed by atoms with Crippen LogP contribution in [0.1, 0.15) is 10.4 Å². The van der Waals surface area contributed by atoms with Gasteiger partial charge in [-0.15, -0.1) is 0 Å². The predicted octanol–water partition coefficient (Wildman–Crippen LogP) is 2.36. The number of carbonyl (C=O) groups excluding carboxylic acids is 1. The maximum Gasteiger partial charge on any atom is 0.255 e. The SMILES string of the molecule is O=C(c1cncc(N2CCOCC2)c1)N1CCN(c2cccc3[nH]ccc23)CC1. The molecule has 4 heterocycles. The molecule has 150 valence electrons. The van der Waals surface area contributed by atoms with E-state index in [1.807, 2.05) is 23.4 Å². The summed E-state index contributed by atoms with van der Waals surface area (Å²) in [5, 5.41) is 1.23. The fourth-order valence-corrected chi connectivity index (χ4v) is 4.22. The summed E-state index contributed by atoms with van der Waals surface area (Å²) in [4.78, 5) is 27.2. The topological polar surface area (TPSA) is 64.7 Å². The Kier molecular flexibility index (Phi) is 4.81. The Hall–Kier alpha value is -3.06. The number of hydrogen-bond acceptors (Lipinski definition) is 5. The van der Waals surface area contributed by atoms with Crippen LogP contribution in [-0.2, 0) is 4.74 Å². The highest BCUT2D eigenvalue weighted by Gasteiger charge is 2.24. The smallest absolute Gasteiger partial charge is 0.255 e. The van der Waals surface area contributed by atoms with Crippen molar-refractivity contribution in [2.24, 2.45) is 0 Å². The van der Waals surface area contributed by atoms with Crippen LogP contribution < -0.4 is 9.80 Å². The highest BCUT2D eigenvalue weighted by Crippen LogP contribution is 2.27. The molecule has 1 aromatic carbocycles. The van der Waals surface area contributed by atoms with E-state index in [9.17, 15) is 4.79 Å². The molecule has 0 saturated carbocycles. The van der Waals surface area contributed by atoms with Crippen molar-refractivity contribution in [2.75, 3.05) is 62.3 Å². The number of nitrogens with one attached hydrogen (secondary N) is 1. The zero-order valence-electron chi connectivity index (χ0n) is 16.4. The molecule has 0 spiro atoms. The van der Waals surface area contributed by atoms with Crippen LogP contribution >= 0.6 is 0 Å². The van der Waals surface area contributed by atoms with Crippen molar-refractivity contribution in [1.29, 1.82) is 0 Å². The van der Waals surface area contributed by atoms with E-state index in [2.05, 4.69) is 44.0 Å². The second kappa shape index (κ2) is 7.75. The number of piperazine rings is 1. The normalized spacial score (nSPS) is 17.7. The lowest BCUT2D eigenvalue weighted by Crippen LogP contribution is -2.48. The highest BCUT2D eigenvalue weighted by atomic mass is 16.5. The Morgan fingerprint density at radius 2 is 1.79 bits per heavy atom. The molecule has 0 radical (unpaired) electrons. The fraction of sp³-hybridized carbons (Fsp3) is 0.364. The maximum atomic E-state index is 13.1. The van der Waals surface area contributed by atoms with Gasteiger partial charge >= 0.3 is 0 Å². The predicted molar refractivity (Wildman–Crippen MR) is 114 cm³/mol. The second-order valence-corrected chi connectivity index (χ2v) is 7.53. The van der Waals surface area contributed by atoms with Crippen molar-refractivity contribution >= 4 is 28.2 Å². The first-order valence-electron chi connectivity index (χ1n) is 10.2. The molecular weight excluding hydrogens is 366 g/mol. The van der Waals surface area contributed by atoms with Crippen LogP contribution in [0, 0.1) is 0 Å². The molecule has 7 nitrogen and oxygen atoms in total. The summed E-state index contributed by atoms with van der Waals surface area (Å²) in [6.45, 7) is 6.18. The Bertz CT molecular complexity index is 1000. The van der Waals surface area contributed by atoms with Gasteiger partial charge in [0.15, 0.2) is 0 Å². The number of carbonyl (C=O) groups is 1. The van der Waals surface area contributed by atoms with Gasteiger partial charge in [-0.2, -0.15) is 0 Å². The van der Waals surface area contributed by atoms with Crippen LogP contribution in [0.4, 0.5) is 11.4 Å². The van der Waals surface area contributed by atoms with Gasteiger partial charge in [-0.05, 0) is 24.3 Å². The molecule has 0 bridgehead atoms. The minimum absolute atomic E-state index is 0.0621. The zero-order chi connectivity index (χ0) is 19.6. The molecule has 2 aromatic heterocycles. The minimum Gasteiger partial charge on any atom is -0.378 e. The van der Waals surface area contributed by atoms with Gasteiger partial charge in [0.05, 0.1) is 30.7 Å². The summed E-state index contributed by atoms with van der Waals surface area (Å²) in [6, 6.07) is 10.4. The summed E-state index contributed by atoms with van der Waals surface area (Å²) in [5.41, 5.74) is 4.03. The molecule has 0 atom stereocenters. The maximum absolute atomic E-state index is 13.1. The zero-order valence-corrected chi connectivity index (χ0v) is 16.4. The van der Waals surface area contributed by atoms with E-state index in [-0.39, 0.29) is 5.91 Å². The Labute approximate surface area is 169 Å². The number of benzene rings is 1. The second-order valence-electron chi connectivity index (χ2n) is 7.53. The number of morpholine rings is 1. The monoisotopic (exact) mass is 391 g/mol. The quantitative estimate of drug-likeness (QED) is 0.743. The van der Waals surface area contributed by atoms with Gasteiger partial charge in [-0.1, -0.05) is 6.07 Å². The number of fused-ring (bicyclic) bond motifs is 1. The van der Waals surface area contributed by atoms with E-state index in [4.69, 9.17) is 4.74 Å². The molecule has 0 unspecified atom stereocenters. The van der Waals surface area contributed by atoms with Gasteiger partial charge < -0.3 is 24.4 Å². The lowest BCUT2D eigenvalue weighted by molar-refractivity contribution is 0.0746. The number of pyridine rings is 1. The van der Waals surface area contributed by atoms with Crippen LogP contribution in [0.25, 0.3) is 10.9 Å². The Morgan fingerprint density at radius 1 is 0.966 bits per heavy atom. The lowest BCUT2D eigenvalue weighted by atomic mass is 10.1. The van der Waals surface area contributed by atoms with Crippen LogP contribution in [0.5, 0.6) is 0 Å². The van der Waals surface area contributed by atoms with E-state index in [1.54, 1.807) is 6.20 Å². The van der Waals surface area contributed by atoms with Crippen LogP contribution in [0.3, 0.4) is 0 Å². The lowest BCUT2D eigenvalue weighted by Gasteiger charge is -2.36. The highest BCUT2D eigenvalue weighted by molar-refractivity contribution is 5.95. The number of hydrogen-bond donors (Lipinski definition) is 1. The Balaban J connectivity index is 1.27. The van der Waals surface area contributed by atoms with Crippen molar-refractivity contribution in [3.63, 3.8) is 0 Å². The van der Waals surface area contributed by atoms with Crippen molar-refractivity contribution in [3.8, 4) is 0 Å². The molecule has 29 heavy (non-hydrogen) atoms. The van der Waals surface area contributed by atoms with Crippen molar-refractivity contribution in [1.82, 2.24) is 14.9 Å². The van der Waals surface area contributed by atoms with Gasteiger partial charge in [0.25, 0.3) is 5.91 Å². The summed E-state index contributed by atoms with van der Waals surface area (Å²) >= 11 is 0. The number of H-pyrrole nitrogens is 1. The minimum atomic E-state index is 0.0621. The first kappa shape index (κ1) is 18.0. The molecule has 1 N–H and O–H groups in total. The molecule has 2 aliphatic heterocycles. The third-order valence-electron chi connectivity index (χ3n) is 5.83. The molecule has 3 aromatic rings. The number of anilines is 2. The molecule has 2 aliphatic rings. The van der Waals surface area contributed by atoms with Gasteiger partial charge in [-0.3, -0.25) is 9.78 Å². The summed E-state index contributed by atoms with van der Waals surface area (Å²) < 4.78 is 5.42. The number of amides is 1. The molecule has 2 saturated heterocycles. The van der Waals surface area contributed by atoms with E-state index in [0.29, 0.717) is 31.9 Å². The average molecular weight is 391 g/mol. The Morgan fingerprint density at radius 3 is 2.62 bits per heavy atom. The van der Waals surface area contributed by atoms with Gasteiger partial charge in [-0.25, -0.2) is 0 Å². The summed E-state index contributed by atoms with van der Waals surface area (Å²) in [6.07, 6.45) is 5.49. The number of rotatable bonds is 3. The van der Waals surface area contributed by atoms with Crippen molar-refractivity contribution in [2.45, 2.75) is 0 Å². The fourth-order valence-electron chi connectivity index (χ4n) is 4.22. The van der Waals surface area contributed by atoms with Crippen LogP contribution in [-0.4, -0.2) is 73.3 Å². The molecule has 2 fully saturated rings. The molecule has 0 aliphatic carbocycles. The van der Waals surface area contributed by atoms with E-state index < -0.39 is 0 Å². The molecule has 1 amide bonds. The number of nitrogens with zero attached hydrogens (tertiary/aromatic N) is 4. The van der Waals surface area contributed by atoms with E-state index >= 15 is 0 Å². The number of ether oxygens (including phenoxy) is 1. The van der Waals surface area contributed by atoms with Crippen molar-refractivity contribution < 1.29 is 9.53 Å². The summed E-state index contributed by atoms with van der Waals surface area (Å²) in [5.74, 6) is 0.0621. The first-order chi connectivity index (χ1) is 14.3. The van der Waals surface area contributed by atoms with Crippen molar-refractivity contribution in [3.05, 3.63) is 54.5 Å². The van der Waals surface area contributed by atoms with Crippen LogP contribution in [0.2, 0.25) is 0 Å². The van der Waals surface area contributed by atoms with E-state index in [1.165, 1.54) is 11.1 Å². The molecule has 7 heteroatoms. The number of aromatic nitrogens is 2. The molecular formula is C22H25N5O2. The van der Waals surface area contributed by atoms with Gasteiger partial charge in [0.1, 0.15) is 0 Å².